The third-order valence-electron chi connectivity index (χ3n) is 4.13. The first kappa shape index (κ1) is 18.0. The number of hydrogen-bond donors (Lipinski definition) is 1. The summed E-state index contributed by atoms with van der Waals surface area (Å²) in [5.74, 6) is 0.270. The zero-order chi connectivity index (χ0) is 17.5. The number of amides is 1. The molecule has 24 heavy (non-hydrogen) atoms. The summed E-state index contributed by atoms with van der Waals surface area (Å²) >= 11 is 0. The van der Waals surface area contributed by atoms with Crippen LogP contribution in [-0.4, -0.2) is 13.0 Å². The van der Waals surface area contributed by atoms with Gasteiger partial charge in [0.15, 0.2) is 0 Å². The van der Waals surface area contributed by atoms with Gasteiger partial charge in [-0.15, -0.1) is 0 Å². The number of rotatable bonds is 7. The van der Waals surface area contributed by atoms with Gasteiger partial charge in [-0.3, -0.25) is 4.79 Å². The van der Waals surface area contributed by atoms with E-state index < -0.39 is 0 Å². The summed E-state index contributed by atoms with van der Waals surface area (Å²) in [5.41, 5.74) is 3.45. The maximum Gasteiger partial charge on any atom is 0.224 e. The molecule has 0 saturated carbocycles. The van der Waals surface area contributed by atoms with Crippen LogP contribution >= 0.6 is 0 Å². The average molecular weight is 329 g/mol. The number of carbonyl (C=O) groups is 1. The summed E-state index contributed by atoms with van der Waals surface area (Å²) in [4.78, 5) is 11.6. The van der Waals surface area contributed by atoms with E-state index in [0.29, 0.717) is 11.1 Å². The van der Waals surface area contributed by atoms with E-state index in [0.717, 1.165) is 24.2 Å². The van der Waals surface area contributed by atoms with Crippen LogP contribution in [0.1, 0.15) is 36.1 Å². The first-order chi connectivity index (χ1) is 11.6. The van der Waals surface area contributed by atoms with E-state index in [1.807, 2.05) is 12.1 Å². The largest absolute Gasteiger partial charge is 0.489 e. The zero-order valence-corrected chi connectivity index (χ0v) is 14.5. The Morgan fingerprint density at radius 1 is 1.12 bits per heavy atom. The minimum Gasteiger partial charge on any atom is -0.489 e. The van der Waals surface area contributed by atoms with Gasteiger partial charge in [0.25, 0.3) is 0 Å². The van der Waals surface area contributed by atoms with Gasteiger partial charge in [0.05, 0.1) is 6.42 Å². The lowest BCUT2D eigenvalue weighted by Gasteiger charge is -2.15. The highest BCUT2D eigenvalue weighted by Crippen LogP contribution is 2.24. The van der Waals surface area contributed by atoms with Crippen molar-refractivity contribution in [3.05, 3.63) is 64.5 Å². The van der Waals surface area contributed by atoms with E-state index in [4.69, 9.17) is 4.74 Å². The van der Waals surface area contributed by atoms with Crippen LogP contribution in [0, 0.1) is 5.82 Å². The van der Waals surface area contributed by atoms with Crippen LogP contribution in [0.4, 0.5) is 4.39 Å². The number of halogens is 1. The minimum absolute atomic E-state index is 0.109. The molecule has 0 bridgehead atoms. The second kappa shape index (κ2) is 8.48. The highest BCUT2D eigenvalue weighted by Gasteiger charge is 2.13. The lowest BCUT2D eigenvalue weighted by Crippen LogP contribution is -2.21. The van der Waals surface area contributed by atoms with Crippen molar-refractivity contribution in [2.75, 3.05) is 7.05 Å². The quantitative estimate of drug-likeness (QED) is 0.839. The molecule has 0 radical (unpaired) electrons. The Kier molecular flexibility index (Phi) is 6.36. The third-order valence-corrected chi connectivity index (χ3v) is 4.13. The lowest BCUT2D eigenvalue weighted by atomic mass is 10.0. The number of ether oxygens (including phenoxy) is 1. The molecule has 0 atom stereocenters. The molecule has 2 aromatic carbocycles. The molecule has 0 spiro atoms. The summed E-state index contributed by atoms with van der Waals surface area (Å²) < 4.78 is 20.1. The van der Waals surface area contributed by atoms with Gasteiger partial charge in [0.1, 0.15) is 18.2 Å². The fourth-order valence-electron chi connectivity index (χ4n) is 2.61. The molecule has 0 unspecified atom stereocenters. The van der Waals surface area contributed by atoms with E-state index in [9.17, 15) is 9.18 Å². The predicted molar refractivity (Wildman–Crippen MR) is 93.7 cm³/mol. The first-order valence-electron chi connectivity index (χ1n) is 8.30. The fourth-order valence-corrected chi connectivity index (χ4v) is 2.61. The predicted octanol–water partition coefficient (Wildman–Crippen LogP) is 3.82. The van der Waals surface area contributed by atoms with Crippen LogP contribution in [0.2, 0.25) is 0 Å². The SMILES string of the molecule is CCc1ccc(OCc2c(F)cccc2CC(=O)NC)c(CC)c1. The smallest absolute Gasteiger partial charge is 0.224 e. The van der Waals surface area contributed by atoms with Crippen molar-refractivity contribution in [1.29, 1.82) is 0 Å². The molecule has 1 N–H and O–H groups in total. The lowest BCUT2D eigenvalue weighted by molar-refractivity contribution is -0.119. The Bertz CT molecular complexity index is 713. The van der Waals surface area contributed by atoms with Gasteiger partial charge in [-0.25, -0.2) is 4.39 Å². The van der Waals surface area contributed by atoms with Crippen LogP contribution in [0.15, 0.2) is 36.4 Å². The van der Waals surface area contributed by atoms with Crippen molar-refractivity contribution in [3.8, 4) is 5.75 Å². The number of likely N-dealkylation sites (N-methyl/N-ethyl adjacent to an activating group) is 1. The number of benzene rings is 2. The van der Waals surface area contributed by atoms with Gasteiger partial charge in [-0.2, -0.15) is 0 Å². The van der Waals surface area contributed by atoms with Crippen LogP contribution in [0.25, 0.3) is 0 Å². The highest BCUT2D eigenvalue weighted by molar-refractivity contribution is 5.78. The van der Waals surface area contributed by atoms with Crippen molar-refractivity contribution in [2.45, 2.75) is 39.7 Å². The molecule has 0 saturated heterocycles. The molecular weight excluding hydrogens is 305 g/mol. The second-order valence-electron chi connectivity index (χ2n) is 5.67. The molecule has 0 heterocycles. The molecule has 4 heteroatoms. The van der Waals surface area contributed by atoms with Gasteiger partial charge in [-0.05, 0) is 41.7 Å². The molecule has 0 aliphatic rings. The number of nitrogens with one attached hydrogen (secondary N) is 1. The molecule has 0 aliphatic heterocycles. The topological polar surface area (TPSA) is 38.3 Å². The van der Waals surface area contributed by atoms with Crippen molar-refractivity contribution in [1.82, 2.24) is 5.32 Å². The van der Waals surface area contributed by atoms with Crippen LogP contribution in [-0.2, 0) is 30.7 Å². The van der Waals surface area contributed by atoms with Crippen LogP contribution < -0.4 is 10.1 Å². The molecule has 3 nitrogen and oxygen atoms in total. The summed E-state index contributed by atoms with van der Waals surface area (Å²) in [5, 5.41) is 2.56. The van der Waals surface area contributed by atoms with Crippen LogP contribution in [0.3, 0.4) is 0 Å². The molecule has 2 rings (SSSR count). The summed E-state index contributed by atoms with van der Waals surface area (Å²) in [6, 6.07) is 10.9. The number of hydrogen-bond acceptors (Lipinski definition) is 2. The molecule has 0 fully saturated rings. The average Bonchev–Trinajstić information content (AvgIpc) is 2.61. The minimum atomic E-state index is -0.348. The van der Waals surface area contributed by atoms with E-state index in [1.165, 1.54) is 11.6 Å². The van der Waals surface area contributed by atoms with Crippen LogP contribution in [0.5, 0.6) is 5.75 Å². The standard InChI is InChI=1S/C20H24FNO2/c1-4-14-9-10-19(15(5-2)11-14)24-13-17-16(12-20(23)22-3)7-6-8-18(17)21/h6-11H,4-5,12-13H2,1-3H3,(H,22,23). The van der Waals surface area contributed by atoms with Gasteiger partial charge >= 0.3 is 0 Å². The summed E-state index contributed by atoms with van der Waals surface area (Å²) in [7, 11) is 1.57. The molecular formula is C20H24FNO2. The Morgan fingerprint density at radius 2 is 1.92 bits per heavy atom. The molecule has 0 aliphatic carbocycles. The first-order valence-corrected chi connectivity index (χ1v) is 8.30. The van der Waals surface area contributed by atoms with E-state index in [1.54, 1.807) is 19.2 Å². The number of aryl methyl sites for hydroxylation is 2. The maximum absolute atomic E-state index is 14.2. The highest BCUT2D eigenvalue weighted by atomic mass is 19.1. The second-order valence-corrected chi connectivity index (χ2v) is 5.67. The zero-order valence-electron chi connectivity index (χ0n) is 14.5. The van der Waals surface area contributed by atoms with Gasteiger partial charge in [0.2, 0.25) is 5.91 Å². The fraction of sp³-hybridized carbons (Fsp3) is 0.350. The Labute approximate surface area is 142 Å². The Balaban J connectivity index is 2.21. The van der Waals surface area contributed by atoms with Crippen molar-refractivity contribution >= 4 is 5.91 Å². The van der Waals surface area contributed by atoms with E-state index in [-0.39, 0.29) is 24.8 Å². The van der Waals surface area contributed by atoms with Crippen molar-refractivity contribution < 1.29 is 13.9 Å². The van der Waals surface area contributed by atoms with Crippen molar-refractivity contribution in [3.63, 3.8) is 0 Å². The Hall–Kier alpha value is -2.36. The number of carbonyl (C=O) groups excluding carboxylic acids is 1. The van der Waals surface area contributed by atoms with Gasteiger partial charge in [-0.1, -0.05) is 38.1 Å². The van der Waals surface area contributed by atoms with Gasteiger partial charge in [0, 0.05) is 12.6 Å². The summed E-state index contributed by atoms with van der Waals surface area (Å²) in [6.45, 7) is 4.29. The van der Waals surface area contributed by atoms with E-state index in [2.05, 4.69) is 25.2 Å². The van der Waals surface area contributed by atoms with E-state index >= 15 is 0 Å². The Morgan fingerprint density at radius 3 is 2.58 bits per heavy atom. The molecule has 1 amide bonds. The molecule has 128 valence electrons. The molecule has 0 aromatic heterocycles. The normalized spacial score (nSPS) is 10.5. The molecule has 2 aromatic rings. The monoisotopic (exact) mass is 329 g/mol. The summed E-state index contributed by atoms with van der Waals surface area (Å²) in [6.07, 6.45) is 1.96. The third kappa shape index (κ3) is 4.34. The van der Waals surface area contributed by atoms with Gasteiger partial charge < -0.3 is 10.1 Å². The maximum atomic E-state index is 14.2. The van der Waals surface area contributed by atoms with Crippen molar-refractivity contribution in [2.24, 2.45) is 0 Å².